The predicted octanol–water partition coefficient (Wildman–Crippen LogP) is 4.30. The first-order valence-corrected chi connectivity index (χ1v) is 8.72. The number of sulfonamides is 1. The fourth-order valence-electron chi connectivity index (χ4n) is 1.46. The van der Waals surface area contributed by atoms with E-state index < -0.39 is 16.6 Å². The van der Waals surface area contributed by atoms with Gasteiger partial charge in [0.25, 0.3) is 10.0 Å². The van der Waals surface area contributed by atoms with Crippen molar-refractivity contribution in [3.05, 3.63) is 43.7 Å². The van der Waals surface area contributed by atoms with Crippen LogP contribution in [0.2, 0.25) is 15.1 Å². The zero-order valence-electron chi connectivity index (χ0n) is 10.0. The lowest BCUT2D eigenvalue weighted by Gasteiger charge is -2.09. The minimum Gasteiger partial charge on any atom is -0.450 e. The molecule has 10 heteroatoms. The summed E-state index contributed by atoms with van der Waals surface area (Å²) in [4.78, 5) is -0.173. The van der Waals surface area contributed by atoms with Crippen LogP contribution in [0.25, 0.3) is 0 Å². The van der Waals surface area contributed by atoms with E-state index in [0.29, 0.717) is 0 Å². The molecule has 0 atom stereocenters. The summed E-state index contributed by atoms with van der Waals surface area (Å²) in [6.07, 6.45) is 0. The topological polar surface area (TPSA) is 79.5 Å². The van der Waals surface area contributed by atoms with Crippen molar-refractivity contribution in [2.45, 2.75) is 11.5 Å². The normalized spacial score (nSPS) is 11.7. The second kappa shape index (κ2) is 6.36. The van der Waals surface area contributed by atoms with Crippen LogP contribution in [0.3, 0.4) is 0 Å². The van der Waals surface area contributed by atoms with Gasteiger partial charge in [-0.1, -0.05) is 34.8 Å². The lowest BCUT2D eigenvalue weighted by atomic mass is 10.3. The first-order chi connectivity index (χ1) is 9.74. The van der Waals surface area contributed by atoms with Crippen molar-refractivity contribution in [3.8, 4) is 0 Å². The molecule has 0 saturated heterocycles. The monoisotopic (exact) mass is 433 g/mol. The van der Waals surface area contributed by atoms with Crippen LogP contribution in [-0.4, -0.2) is 13.5 Å². The fraction of sp³-hybridized carbons (Fsp3) is 0.0909. The van der Waals surface area contributed by atoms with Gasteiger partial charge < -0.3 is 9.52 Å². The van der Waals surface area contributed by atoms with Crippen LogP contribution in [0.5, 0.6) is 0 Å². The van der Waals surface area contributed by atoms with Gasteiger partial charge in [-0.15, -0.1) is 0 Å². The van der Waals surface area contributed by atoms with E-state index in [1.165, 1.54) is 18.2 Å². The second-order valence-corrected chi connectivity index (χ2v) is 7.45. The summed E-state index contributed by atoms with van der Waals surface area (Å²) in [5, 5.41) is 9.41. The second-order valence-electron chi connectivity index (χ2n) is 3.86. The number of anilines is 1. The Kier molecular flexibility index (Phi) is 5.12. The summed E-state index contributed by atoms with van der Waals surface area (Å²) in [6.45, 7) is -0.429. The molecule has 5 nitrogen and oxygen atoms in total. The average molecular weight is 436 g/mol. The number of benzene rings is 1. The first-order valence-electron chi connectivity index (χ1n) is 5.31. The van der Waals surface area contributed by atoms with Crippen molar-refractivity contribution >= 4 is 66.4 Å². The summed E-state index contributed by atoms with van der Waals surface area (Å²) in [5.41, 5.74) is 0.0738. The molecule has 0 amide bonds. The maximum atomic E-state index is 12.3. The smallest absolute Gasteiger partial charge is 0.266 e. The van der Waals surface area contributed by atoms with Crippen molar-refractivity contribution in [2.24, 2.45) is 0 Å². The van der Waals surface area contributed by atoms with Gasteiger partial charge in [0.15, 0.2) is 4.67 Å². The van der Waals surface area contributed by atoms with Gasteiger partial charge in [0.1, 0.15) is 17.3 Å². The SMILES string of the molecule is O=S(=O)(Nc1cc(Cl)c(Cl)cc1Cl)c1cc(CO)oc1Br. The molecule has 1 heterocycles. The van der Waals surface area contributed by atoms with E-state index in [2.05, 4.69) is 20.7 Å². The molecule has 0 spiro atoms. The molecule has 0 aliphatic heterocycles. The zero-order valence-corrected chi connectivity index (χ0v) is 14.7. The maximum absolute atomic E-state index is 12.3. The lowest BCUT2D eigenvalue weighted by Crippen LogP contribution is -2.13. The van der Waals surface area contributed by atoms with Crippen LogP contribution in [0.15, 0.2) is 32.2 Å². The number of halogens is 4. The molecule has 21 heavy (non-hydrogen) atoms. The van der Waals surface area contributed by atoms with E-state index in [-0.39, 0.29) is 36.1 Å². The number of hydrogen-bond donors (Lipinski definition) is 2. The molecule has 2 N–H and O–H groups in total. The lowest BCUT2D eigenvalue weighted by molar-refractivity contribution is 0.245. The number of aliphatic hydroxyl groups excluding tert-OH is 1. The van der Waals surface area contributed by atoms with Gasteiger partial charge in [0.05, 0.1) is 20.8 Å². The Morgan fingerprint density at radius 1 is 1.14 bits per heavy atom. The van der Waals surface area contributed by atoms with Crippen molar-refractivity contribution in [3.63, 3.8) is 0 Å². The van der Waals surface area contributed by atoms with Gasteiger partial charge in [0, 0.05) is 6.07 Å². The molecular weight excluding hydrogens is 428 g/mol. The van der Waals surface area contributed by atoms with Crippen LogP contribution in [0.1, 0.15) is 5.76 Å². The molecular formula is C11H7BrCl3NO4S. The Balaban J connectivity index is 2.42. The molecule has 0 saturated carbocycles. The fourth-order valence-corrected chi connectivity index (χ4v) is 4.18. The van der Waals surface area contributed by atoms with Crippen LogP contribution in [-0.2, 0) is 16.6 Å². The van der Waals surface area contributed by atoms with Crippen molar-refractivity contribution in [1.82, 2.24) is 0 Å². The minimum absolute atomic E-state index is 0.0322. The standard InChI is InChI=1S/C11H7BrCl3NO4S/c12-11-10(1-5(4-17)20-11)21(18,19)16-9-3-7(14)6(13)2-8(9)15/h1-3,16-17H,4H2. The quantitative estimate of drug-likeness (QED) is 0.702. The Hall–Kier alpha value is -0.440. The molecule has 2 aromatic rings. The molecule has 114 valence electrons. The third kappa shape index (κ3) is 3.67. The summed E-state index contributed by atoms with van der Waals surface area (Å²) >= 11 is 20.5. The Labute approximate surface area is 144 Å². The van der Waals surface area contributed by atoms with Gasteiger partial charge in [-0.05, 0) is 28.1 Å². The third-order valence-electron chi connectivity index (χ3n) is 2.41. The van der Waals surface area contributed by atoms with Gasteiger partial charge in [-0.3, -0.25) is 4.72 Å². The van der Waals surface area contributed by atoms with E-state index >= 15 is 0 Å². The maximum Gasteiger partial charge on any atom is 0.266 e. The van der Waals surface area contributed by atoms with Crippen LogP contribution in [0, 0.1) is 0 Å². The van der Waals surface area contributed by atoms with Crippen molar-refractivity contribution in [2.75, 3.05) is 4.72 Å². The van der Waals surface area contributed by atoms with Crippen LogP contribution >= 0.6 is 50.7 Å². The van der Waals surface area contributed by atoms with E-state index in [1.807, 2.05) is 0 Å². The van der Waals surface area contributed by atoms with Crippen molar-refractivity contribution in [1.29, 1.82) is 0 Å². The van der Waals surface area contributed by atoms with Gasteiger partial charge in [-0.25, -0.2) is 8.42 Å². The van der Waals surface area contributed by atoms with Gasteiger partial charge in [-0.2, -0.15) is 0 Å². The first kappa shape index (κ1) is 16.9. The number of nitrogens with one attached hydrogen (secondary N) is 1. The van der Waals surface area contributed by atoms with Crippen molar-refractivity contribution < 1.29 is 17.9 Å². The van der Waals surface area contributed by atoms with E-state index in [1.54, 1.807) is 0 Å². The molecule has 0 aliphatic carbocycles. The van der Waals surface area contributed by atoms with E-state index in [9.17, 15) is 8.42 Å². The predicted molar refractivity (Wildman–Crippen MR) is 84.6 cm³/mol. The highest BCUT2D eigenvalue weighted by atomic mass is 79.9. The Morgan fingerprint density at radius 3 is 2.33 bits per heavy atom. The highest BCUT2D eigenvalue weighted by Crippen LogP contribution is 2.34. The Morgan fingerprint density at radius 2 is 1.76 bits per heavy atom. The Bertz CT molecular complexity index is 791. The largest absolute Gasteiger partial charge is 0.450 e. The molecule has 0 fully saturated rings. The molecule has 1 aromatic heterocycles. The highest BCUT2D eigenvalue weighted by Gasteiger charge is 2.23. The average Bonchev–Trinajstić information content (AvgIpc) is 2.78. The number of furan rings is 1. The van der Waals surface area contributed by atoms with Crippen LogP contribution < -0.4 is 4.72 Å². The summed E-state index contributed by atoms with van der Waals surface area (Å²) in [7, 11) is -3.97. The van der Waals surface area contributed by atoms with Gasteiger partial charge in [0.2, 0.25) is 0 Å². The molecule has 0 radical (unpaired) electrons. The van der Waals surface area contributed by atoms with E-state index in [4.69, 9.17) is 44.3 Å². The summed E-state index contributed by atoms with van der Waals surface area (Å²) < 4.78 is 31.8. The van der Waals surface area contributed by atoms with E-state index in [0.717, 1.165) is 0 Å². The molecule has 2 rings (SSSR count). The summed E-state index contributed by atoms with van der Waals surface area (Å²) in [6, 6.07) is 3.81. The molecule has 0 bridgehead atoms. The zero-order chi connectivity index (χ0) is 15.8. The van der Waals surface area contributed by atoms with Crippen LogP contribution in [0.4, 0.5) is 5.69 Å². The molecule has 0 unspecified atom stereocenters. The van der Waals surface area contributed by atoms with Gasteiger partial charge >= 0.3 is 0 Å². The molecule has 1 aromatic carbocycles. The summed E-state index contributed by atoms with van der Waals surface area (Å²) in [5.74, 6) is 0.0995. The highest BCUT2D eigenvalue weighted by molar-refractivity contribution is 9.10. The molecule has 0 aliphatic rings. The third-order valence-corrected chi connectivity index (χ3v) is 5.66. The minimum atomic E-state index is -3.97. The number of hydrogen-bond acceptors (Lipinski definition) is 4. The number of rotatable bonds is 4. The number of aliphatic hydroxyl groups is 1.